The summed E-state index contributed by atoms with van der Waals surface area (Å²) in [7, 11) is 0. The second kappa shape index (κ2) is 7.37. The van der Waals surface area contributed by atoms with Crippen LogP contribution in [-0.4, -0.2) is 13.1 Å². The highest BCUT2D eigenvalue weighted by Crippen LogP contribution is 2.02. The van der Waals surface area contributed by atoms with Crippen molar-refractivity contribution in [3.05, 3.63) is 35.6 Å². The summed E-state index contributed by atoms with van der Waals surface area (Å²) in [6.07, 6.45) is 5.94. The van der Waals surface area contributed by atoms with Crippen LogP contribution in [0.5, 0.6) is 0 Å². The lowest BCUT2D eigenvalue weighted by atomic mass is 10.1. The Morgan fingerprint density at radius 2 is 1.93 bits per heavy atom. The molecule has 0 fully saturated rings. The summed E-state index contributed by atoms with van der Waals surface area (Å²) >= 11 is 0. The molecule has 0 saturated carbocycles. The first-order valence-corrected chi connectivity index (χ1v) is 4.21. The van der Waals surface area contributed by atoms with E-state index < -0.39 is 0 Å². The molecule has 0 saturated heterocycles. The largest absolute Gasteiger partial charge is 0.306 e. The molecule has 0 atom stereocenters. The van der Waals surface area contributed by atoms with Crippen LogP contribution in [0.15, 0.2) is 24.3 Å². The number of rotatable bonds is 4. The quantitative estimate of drug-likeness (QED) is 0.596. The number of terminal acetylenes is 1. The molecule has 0 unspecified atom stereocenters. The van der Waals surface area contributed by atoms with Crippen LogP contribution in [-0.2, 0) is 6.42 Å². The third-order valence-electron chi connectivity index (χ3n) is 1.73. The Labute approximate surface area is 90.1 Å². The Balaban J connectivity index is 0.00000169. The highest BCUT2D eigenvalue weighted by Gasteiger charge is 1.92. The van der Waals surface area contributed by atoms with Gasteiger partial charge in [-0.05, 0) is 24.1 Å². The van der Waals surface area contributed by atoms with E-state index in [0.717, 1.165) is 18.5 Å². The van der Waals surface area contributed by atoms with Crippen molar-refractivity contribution in [2.75, 3.05) is 13.1 Å². The van der Waals surface area contributed by atoms with Gasteiger partial charge in [0, 0.05) is 6.54 Å². The molecule has 0 aliphatic heterocycles. The fourth-order valence-corrected chi connectivity index (χ4v) is 1.04. The van der Waals surface area contributed by atoms with Gasteiger partial charge in [-0.2, -0.15) is 0 Å². The highest BCUT2D eigenvalue weighted by molar-refractivity contribution is 5.85. The maximum atomic E-state index is 12.5. The van der Waals surface area contributed by atoms with Crippen molar-refractivity contribution >= 4 is 12.4 Å². The molecule has 0 bridgehead atoms. The fraction of sp³-hybridized carbons (Fsp3) is 0.273. The normalized spacial score (nSPS) is 8.86. The van der Waals surface area contributed by atoms with Gasteiger partial charge in [-0.3, -0.25) is 0 Å². The molecule has 1 rings (SSSR count). The minimum Gasteiger partial charge on any atom is -0.306 e. The van der Waals surface area contributed by atoms with E-state index >= 15 is 0 Å². The van der Waals surface area contributed by atoms with Gasteiger partial charge in [0.25, 0.3) is 0 Å². The zero-order valence-electron chi connectivity index (χ0n) is 7.79. The van der Waals surface area contributed by atoms with E-state index in [2.05, 4.69) is 11.2 Å². The lowest BCUT2D eigenvalue weighted by Crippen LogP contribution is -2.17. The topological polar surface area (TPSA) is 12.0 Å². The summed E-state index contributed by atoms with van der Waals surface area (Å²) in [4.78, 5) is 0. The first kappa shape index (κ1) is 13.0. The van der Waals surface area contributed by atoms with Crippen LogP contribution in [0.25, 0.3) is 0 Å². The summed E-state index contributed by atoms with van der Waals surface area (Å²) in [6, 6.07) is 6.51. The Morgan fingerprint density at radius 3 is 2.50 bits per heavy atom. The first-order chi connectivity index (χ1) is 6.33. The third-order valence-corrected chi connectivity index (χ3v) is 1.73. The highest BCUT2D eigenvalue weighted by atomic mass is 35.5. The van der Waals surface area contributed by atoms with Gasteiger partial charge in [-0.25, -0.2) is 4.39 Å². The van der Waals surface area contributed by atoms with Gasteiger partial charge in [0.1, 0.15) is 5.82 Å². The molecule has 0 spiro atoms. The van der Waals surface area contributed by atoms with E-state index in [1.807, 2.05) is 0 Å². The Hall–Kier alpha value is -1.04. The standard InChI is InChI=1S/C11H12FN.ClH/c1-2-8-13-9-7-10-3-5-11(12)6-4-10;/h1,3-6,13H,7-9H2;1H. The lowest BCUT2D eigenvalue weighted by molar-refractivity contribution is 0.626. The molecule has 0 heterocycles. The number of benzene rings is 1. The average molecular weight is 214 g/mol. The van der Waals surface area contributed by atoms with Crippen LogP contribution in [0, 0.1) is 18.2 Å². The van der Waals surface area contributed by atoms with E-state index in [9.17, 15) is 4.39 Å². The number of nitrogens with one attached hydrogen (secondary N) is 1. The predicted molar refractivity (Wildman–Crippen MR) is 59.1 cm³/mol. The molecule has 1 aromatic carbocycles. The molecule has 14 heavy (non-hydrogen) atoms. The van der Waals surface area contributed by atoms with Gasteiger partial charge in [0.2, 0.25) is 0 Å². The van der Waals surface area contributed by atoms with Crippen molar-refractivity contribution in [1.29, 1.82) is 0 Å². The molecule has 1 nitrogen and oxygen atoms in total. The van der Waals surface area contributed by atoms with Gasteiger partial charge in [-0.1, -0.05) is 18.1 Å². The van der Waals surface area contributed by atoms with E-state index in [0.29, 0.717) is 6.54 Å². The smallest absolute Gasteiger partial charge is 0.123 e. The van der Waals surface area contributed by atoms with Crippen molar-refractivity contribution in [2.24, 2.45) is 0 Å². The van der Waals surface area contributed by atoms with Crippen molar-refractivity contribution < 1.29 is 4.39 Å². The third kappa shape index (κ3) is 4.86. The van der Waals surface area contributed by atoms with Gasteiger partial charge < -0.3 is 5.32 Å². The van der Waals surface area contributed by atoms with E-state index in [-0.39, 0.29) is 18.2 Å². The maximum Gasteiger partial charge on any atom is 0.123 e. The van der Waals surface area contributed by atoms with Gasteiger partial charge >= 0.3 is 0 Å². The Kier molecular flexibility index (Phi) is 6.82. The molecule has 0 amide bonds. The molecule has 76 valence electrons. The zero-order chi connectivity index (χ0) is 9.52. The number of halogens is 2. The molecule has 3 heteroatoms. The number of hydrogen-bond acceptors (Lipinski definition) is 1. The predicted octanol–water partition coefficient (Wildman–Crippen LogP) is 2.01. The van der Waals surface area contributed by atoms with Crippen molar-refractivity contribution in [2.45, 2.75) is 6.42 Å². The molecule has 1 aromatic rings. The molecule has 0 aliphatic rings. The van der Waals surface area contributed by atoms with E-state index in [4.69, 9.17) is 6.42 Å². The van der Waals surface area contributed by atoms with Gasteiger partial charge in [-0.15, -0.1) is 18.8 Å². The summed E-state index contributed by atoms with van der Waals surface area (Å²) < 4.78 is 12.5. The lowest BCUT2D eigenvalue weighted by Gasteiger charge is -2.00. The van der Waals surface area contributed by atoms with Crippen LogP contribution >= 0.6 is 12.4 Å². The van der Waals surface area contributed by atoms with Crippen molar-refractivity contribution in [3.63, 3.8) is 0 Å². The average Bonchev–Trinajstić information content (AvgIpc) is 2.15. The molecular formula is C11H13ClFN. The van der Waals surface area contributed by atoms with Crippen LogP contribution < -0.4 is 5.32 Å². The monoisotopic (exact) mass is 213 g/mol. The van der Waals surface area contributed by atoms with Gasteiger partial charge in [0.15, 0.2) is 0 Å². The molecule has 0 aliphatic carbocycles. The SMILES string of the molecule is C#CCNCCc1ccc(F)cc1.Cl. The van der Waals surface area contributed by atoms with Crippen molar-refractivity contribution in [3.8, 4) is 12.3 Å². The minimum atomic E-state index is -0.194. The molecule has 0 aromatic heterocycles. The van der Waals surface area contributed by atoms with Gasteiger partial charge in [0.05, 0.1) is 6.54 Å². The van der Waals surface area contributed by atoms with Crippen LogP contribution in [0.3, 0.4) is 0 Å². The molecular weight excluding hydrogens is 201 g/mol. The summed E-state index contributed by atoms with van der Waals surface area (Å²) in [5.74, 6) is 2.30. The number of hydrogen-bond donors (Lipinski definition) is 1. The van der Waals surface area contributed by atoms with Crippen LogP contribution in [0.4, 0.5) is 4.39 Å². The molecule has 1 N–H and O–H groups in total. The Bertz CT molecular complexity index is 289. The second-order valence-corrected chi connectivity index (χ2v) is 2.76. The van der Waals surface area contributed by atoms with Crippen LogP contribution in [0.2, 0.25) is 0 Å². The fourth-order valence-electron chi connectivity index (χ4n) is 1.04. The van der Waals surface area contributed by atoms with Crippen LogP contribution in [0.1, 0.15) is 5.56 Å². The Morgan fingerprint density at radius 1 is 1.29 bits per heavy atom. The zero-order valence-corrected chi connectivity index (χ0v) is 8.61. The summed E-state index contributed by atoms with van der Waals surface area (Å²) in [6.45, 7) is 1.41. The van der Waals surface area contributed by atoms with E-state index in [1.165, 1.54) is 12.1 Å². The minimum absolute atomic E-state index is 0. The van der Waals surface area contributed by atoms with E-state index in [1.54, 1.807) is 12.1 Å². The summed E-state index contributed by atoms with van der Waals surface area (Å²) in [5.41, 5.74) is 1.12. The summed E-state index contributed by atoms with van der Waals surface area (Å²) in [5, 5.41) is 3.07. The maximum absolute atomic E-state index is 12.5. The second-order valence-electron chi connectivity index (χ2n) is 2.76. The molecule has 0 radical (unpaired) electrons. The van der Waals surface area contributed by atoms with Crippen molar-refractivity contribution in [1.82, 2.24) is 5.32 Å². The first-order valence-electron chi connectivity index (χ1n) is 4.21.